The lowest BCUT2D eigenvalue weighted by atomic mass is 10.1. The number of benzene rings is 1. The summed E-state index contributed by atoms with van der Waals surface area (Å²) < 4.78 is 5.36. The number of para-hydroxylation sites is 1. The van der Waals surface area contributed by atoms with Crippen molar-refractivity contribution in [2.24, 2.45) is 0 Å². The summed E-state index contributed by atoms with van der Waals surface area (Å²) in [6, 6.07) is 5.12. The lowest BCUT2D eigenvalue weighted by molar-refractivity contribution is 0.0698. The first-order valence-electron chi connectivity index (χ1n) is 6.03. The molecule has 0 saturated carbocycles. The number of carboxylic acid groups (broad SMARTS) is 1. The van der Waals surface area contributed by atoms with Crippen molar-refractivity contribution in [2.45, 2.75) is 18.9 Å². The Kier molecular flexibility index (Phi) is 3.72. The standard InChI is InChI=1S/C13H18N2O3/c1-18-9-4-3-7-15(8-9)11-6-2-5-10(12(11)14)13(16)17/h2,5-6,9H,3-4,7-8,14H2,1H3,(H,16,17). The third-order valence-corrected chi connectivity index (χ3v) is 3.37. The highest BCUT2D eigenvalue weighted by atomic mass is 16.5. The number of ether oxygens (including phenoxy) is 1. The molecular weight excluding hydrogens is 232 g/mol. The van der Waals surface area contributed by atoms with E-state index in [1.165, 1.54) is 6.07 Å². The number of methoxy groups -OCH3 is 1. The summed E-state index contributed by atoms with van der Waals surface area (Å²) in [6.07, 6.45) is 2.24. The van der Waals surface area contributed by atoms with Gasteiger partial charge in [0.25, 0.3) is 0 Å². The number of anilines is 2. The van der Waals surface area contributed by atoms with Gasteiger partial charge in [-0.25, -0.2) is 4.79 Å². The fourth-order valence-electron chi connectivity index (χ4n) is 2.36. The fourth-order valence-corrected chi connectivity index (χ4v) is 2.36. The van der Waals surface area contributed by atoms with Crippen molar-refractivity contribution in [1.82, 2.24) is 0 Å². The smallest absolute Gasteiger partial charge is 0.337 e. The van der Waals surface area contributed by atoms with Crippen molar-refractivity contribution in [3.63, 3.8) is 0 Å². The topological polar surface area (TPSA) is 75.8 Å². The number of carbonyl (C=O) groups is 1. The molecule has 1 unspecified atom stereocenters. The van der Waals surface area contributed by atoms with Crippen LogP contribution in [0.25, 0.3) is 0 Å². The van der Waals surface area contributed by atoms with Crippen LogP contribution in [0.15, 0.2) is 18.2 Å². The zero-order valence-electron chi connectivity index (χ0n) is 10.4. The second kappa shape index (κ2) is 5.27. The van der Waals surface area contributed by atoms with Gasteiger partial charge < -0.3 is 20.5 Å². The number of nitrogen functional groups attached to an aromatic ring is 1. The maximum Gasteiger partial charge on any atom is 0.337 e. The molecule has 1 fully saturated rings. The zero-order chi connectivity index (χ0) is 13.1. The molecule has 1 aromatic carbocycles. The maximum absolute atomic E-state index is 11.1. The number of carboxylic acids is 1. The van der Waals surface area contributed by atoms with Crippen molar-refractivity contribution in [3.8, 4) is 0 Å². The van der Waals surface area contributed by atoms with Crippen molar-refractivity contribution in [3.05, 3.63) is 23.8 Å². The van der Waals surface area contributed by atoms with Gasteiger partial charge in [-0.1, -0.05) is 6.07 Å². The molecule has 0 aliphatic carbocycles. The van der Waals surface area contributed by atoms with E-state index in [2.05, 4.69) is 4.90 Å². The number of piperidine rings is 1. The van der Waals surface area contributed by atoms with Crippen molar-refractivity contribution in [1.29, 1.82) is 0 Å². The van der Waals surface area contributed by atoms with Crippen LogP contribution >= 0.6 is 0 Å². The van der Waals surface area contributed by atoms with Crippen molar-refractivity contribution < 1.29 is 14.6 Å². The number of hydrogen-bond donors (Lipinski definition) is 2. The number of rotatable bonds is 3. The lowest BCUT2D eigenvalue weighted by Crippen LogP contribution is -2.39. The first kappa shape index (κ1) is 12.7. The predicted octanol–water partition coefficient (Wildman–Crippen LogP) is 1.58. The van der Waals surface area contributed by atoms with Crippen LogP contribution in [0.2, 0.25) is 0 Å². The highest BCUT2D eigenvalue weighted by Gasteiger charge is 2.22. The molecule has 0 amide bonds. The van der Waals surface area contributed by atoms with E-state index >= 15 is 0 Å². The molecule has 1 aliphatic heterocycles. The molecule has 1 saturated heterocycles. The van der Waals surface area contributed by atoms with Gasteiger partial charge >= 0.3 is 5.97 Å². The minimum absolute atomic E-state index is 0.159. The second-order valence-electron chi connectivity index (χ2n) is 4.49. The Hall–Kier alpha value is -1.75. The van der Waals surface area contributed by atoms with Crippen LogP contribution in [-0.2, 0) is 4.74 Å². The molecule has 5 heteroatoms. The Morgan fingerprint density at radius 2 is 2.33 bits per heavy atom. The fraction of sp³-hybridized carbons (Fsp3) is 0.462. The summed E-state index contributed by atoms with van der Waals surface area (Å²) in [7, 11) is 1.70. The quantitative estimate of drug-likeness (QED) is 0.797. The average Bonchev–Trinajstić information content (AvgIpc) is 2.38. The zero-order valence-corrected chi connectivity index (χ0v) is 10.4. The number of hydrogen-bond acceptors (Lipinski definition) is 4. The summed E-state index contributed by atoms with van der Waals surface area (Å²) >= 11 is 0. The maximum atomic E-state index is 11.1. The lowest BCUT2D eigenvalue weighted by Gasteiger charge is -2.34. The van der Waals surface area contributed by atoms with Crippen LogP contribution in [0.4, 0.5) is 11.4 Å². The molecule has 1 aromatic rings. The van der Waals surface area contributed by atoms with E-state index in [-0.39, 0.29) is 11.7 Å². The van der Waals surface area contributed by atoms with E-state index in [1.54, 1.807) is 13.2 Å². The minimum atomic E-state index is -0.991. The van der Waals surface area contributed by atoms with Crippen LogP contribution in [0.1, 0.15) is 23.2 Å². The molecule has 3 N–H and O–H groups in total. The molecular formula is C13H18N2O3. The molecule has 1 atom stereocenters. The Bertz CT molecular complexity index is 448. The van der Waals surface area contributed by atoms with E-state index in [9.17, 15) is 4.79 Å². The third-order valence-electron chi connectivity index (χ3n) is 3.37. The molecule has 98 valence electrons. The van der Waals surface area contributed by atoms with Crippen LogP contribution in [-0.4, -0.2) is 37.4 Å². The summed E-state index contributed by atoms with van der Waals surface area (Å²) in [4.78, 5) is 13.2. The molecule has 2 rings (SSSR count). The third kappa shape index (κ3) is 2.41. The number of nitrogens with two attached hydrogens (primary N) is 1. The molecule has 1 aliphatic rings. The van der Waals surface area contributed by atoms with Gasteiger partial charge in [0, 0.05) is 20.2 Å². The SMILES string of the molecule is COC1CCCN(c2cccc(C(=O)O)c2N)C1. The normalized spacial score (nSPS) is 19.8. The largest absolute Gasteiger partial charge is 0.478 e. The Morgan fingerprint density at radius 3 is 3.00 bits per heavy atom. The first-order valence-corrected chi connectivity index (χ1v) is 6.03. The summed E-state index contributed by atoms with van der Waals surface area (Å²) in [6.45, 7) is 1.64. The van der Waals surface area contributed by atoms with E-state index < -0.39 is 5.97 Å². The first-order chi connectivity index (χ1) is 8.63. The molecule has 18 heavy (non-hydrogen) atoms. The summed E-state index contributed by atoms with van der Waals surface area (Å²) in [5.41, 5.74) is 7.22. The Morgan fingerprint density at radius 1 is 1.56 bits per heavy atom. The molecule has 0 spiro atoms. The van der Waals surface area contributed by atoms with E-state index in [1.807, 2.05) is 6.07 Å². The van der Waals surface area contributed by atoms with Crippen LogP contribution < -0.4 is 10.6 Å². The van der Waals surface area contributed by atoms with Gasteiger partial charge in [-0.3, -0.25) is 0 Å². The van der Waals surface area contributed by atoms with Gasteiger partial charge in [-0.05, 0) is 25.0 Å². The Labute approximate surface area is 106 Å². The Balaban J connectivity index is 2.27. The summed E-state index contributed by atoms with van der Waals surface area (Å²) in [5.74, 6) is -0.991. The minimum Gasteiger partial charge on any atom is -0.478 e. The van der Waals surface area contributed by atoms with Gasteiger partial charge in [-0.2, -0.15) is 0 Å². The van der Waals surface area contributed by atoms with Crippen molar-refractivity contribution in [2.75, 3.05) is 30.8 Å². The van der Waals surface area contributed by atoms with Gasteiger partial charge in [-0.15, -0.1) is 0 Å². The molecule has 0 radical (unpaired) electrons. The monoisotopic (exact) mass is 250 g/mol. The number of aromatic carboxylic acids is 1. The molecule has 1 heterocycles. The van der Waals surface area contributed by atoms with Crippen molar-refractivity contribution >= 4 is 17.3 Å². The van der Waals surface area contributed by atoms with Gasteiger partial charge in [0.15, 0.2) is 0 Å². The van der Waals surface area contributed by atoms with E-state index in [4.69, 9.17) is 15.6 Å². The van der Waals surface area contributed by atoms with E-state index in [0.29, 0.717) is 5.69 Å². The second-order valence-corrected chi connectivity index (χ2v) is 4.49. The van der Waals surface area contributed by atoms with Crippen LogP contribution in [0.5, 0.6) is 0 Å². The molecule has 5 nitrogen and oxygen atoms in total. The molecule has 0 bridgehead atoms. The highest BCUT2D eigenvalue weighted by Crippen LogP contribution is 2.29. The van der Waals surface area contributed by atoms with Gasteiger partial charge in [0.2, 0.25) is 0 Å². The highest BCUT2D eigenvalue weighted by molar-refractivity contribution is 5.97. The van der Waals surface area contributed by atoms with Crippen LogP contribution in [0, 0.1) is 0 Å². The van der Waals surface area contributed by atoms with Crippen LogP contribution in [0.3, 0.4) is 0 Å². The number of nitrogens with zero attached hydrogens (tertiary/aromatic N) is 1. The summed E-state index contributed by atoms with van der Waals surface area (Å²) in [5, 5.41) is 9.06. The van der Waals surface area contributed by atoms with Gasteiger partial charge in [0.05, 0.1) is 23.0 Å². The van der Waals surface area contributed by atoms with E-state index in [0.717, 1.165) is 31.6 Å². The van der Waals surface area contributed by atoms with Gasteiger partial charge in [0.1, 0.15) is 0 Å². The molecule has 0 aromatic heterocycles. The average molecular weight is 250 g/mol. The predicted molar refractivity (Wildman–Crippen MR) is 70.1 cm³/mol.